The van der Waals surface area contributed by atoms with Gasteiger partial charge in [-0.2, -0.15) is 0 Å². The van der Waals surface area contributed by atoms with Crippen LogP contribution in [0.3, 0.4) is 0 Å². The van der Waals surface area contributed by atoms with Crippen molar-refractivity contribution in [2.75, 3.05) is 0 Å². The van der Waals surface area contributed by atoms with Crippen molar-refractivity contribution in [1.82, 2.24) is 4.98 Å². The van der Waals surface area contributed by atoms with E-state index < -0.39 is 8.32 Å². The first-order valence-corrected chi connectivity index (χ1v) is 12.2. The van der Waals surface area contributed by atoms with E-state index in [-0.39, 0.29) is 5.04 Å². The molecule has 4 heteroatoms. The summed E-state index contributed by atoms with van der Waals surface area (Å²) in [7, 11) is -2.55. The van der Waals surface area contributed by atoms with Gasteiger partial charge in [-0.05, 0) is 33.6 Å². The van der Waals surface area contributed by atoms with Crippen LogP contribution in [-0.4, -0.2) is 13.3 Å². The van der Waals surface area contributed by atoms with Crippen LogP contribution in [0.1, 0.15) is 26.5 Å². The lowest BCUT2D eigenvalue weighted by molar-refractivity contribution is 0.282. The van der Waals surface area contributed by atoms with Gasteiger partial charge in [0.15, 0.2) is 0 Å². The highest BCUT2D eigenvalue weighted by atomic mass is 35.5. The van der Waals surface area contributed by atoms with Crippen molar-refractivity contribution in [3.05, 3.63) is 95.6 Å². The van der Waals surface area contributed by atoms with Crippen LogP contribution >= 0.6 is 11.6 Å². The van der Waals surface area contributed by atoms with E-state index in [1.54, 1.807) is 0 Å². The maximum atomic E-state index is 6.99. The molecule has 0 saturated heterocycles. The van der Waals surface area contributed by atoms with Gasteiger partial charge in [0.2, 0.25) is 0 Å². The molecule has 0 aliphatic carbocycles. The predicted octanol–water partition coefficient (Wildman–Crippen LogP) is 5.90. The average Bonchev–Trinajstić information content (AvgIpc) is 3.14. The van der Waals surface area contributed by atoms with Crippen molar-refractivity contribution >= 4 is 41.2 Å². The highest BCUT2D eigenvalue weighted by Gasteiger charge is 2.50. The molecule has 0 unspecified atom stereocenters. The molecule has 0 atom stereocenters. The molecule has 0 amide bonds. The number of fused-ring (bicyclic) bond motifs is 1. The Morgan fingerprint density at radius 2 is 1.41 bits per heavy atom. The minimum Gasteiger partial charge on any atom is -0.402 e. The Kier molecular flexibility index (Phi) is 5.39. The second-order valence-electron chi connectivity index (χ2n) is 8.45. The van der Waals surface area contributed by atoms with E-state index in [9.17, 15) is 0 Å². The summed E-state index contributed by atoms with van der Waals surface area (Å²) < 4.78 is 6.99. The van der Waals surface area contributed by atoms with Gasteiger partial charge in [0.25, 0.3) is 8.32 Å². The molecule has 0 fully saturated rings. The Labute approximate surface area is 178 Å². The highest BCUT2D eigenvalue weighted by Crippen LogP contribution is 2.37. The monoisotopic (exact) mass is 419 g/mol. The summed E-state index contributed by atoms with van der Waals surface area (Å²) in [4.78, 5) is 3.48. The number of benzene rings is 3. The van der Waals surface area contributed by atoms with Gasteiger partial charge < -0.3 is 9.41 Å². The third kappa shape index (κ3) is 3.66. The maximum absolute atomic E-state index is 6.99. The van der Waals surface area contributed by atoms with Crippen molar-refractivity contribution in [1.29, 1.82) is 0 Å². The molecule has 1 heterocycles. The van der Waals surface area contributed by atoms with Gasteiger partial charge in [0.1, 0.15) is 0 Å². The normalized spacial score (nSPS) is 12.4. The quantitative estimate of drug-likeness (QED) is 0.400. The molecule has 4 aromatic rings. The van der Waals surface area contributed by atoms with Gasteiger partial charge in [0, 0.05) is 21.6 Å². The van der Waals surface area contributed by atoms with Crippen molar-refractivity contribution in [2.24, 2.45) is 0 Å². The molecule has 0 aliphatic rings. The number of nitrogens with one attached hydrogen (secondary N) is 1. The molecule has 0 bridgehead atoms. The van der Waals surface area contributed by atoms with Crippen LogP contribution in [0, 0.1) is 0 Å². The fourth-order valence-electron chi connectivity index (χ4n) is 4.20. The standard InChI is InChI=1S/C25H26ClNOSi/c1-25(2,3)29(20-11-6-4-7-12-20,21-13-8-5-9-14-21)28-18-19-17-22-23(26)15-10-16-24(22)27-19/h4-17,27H,18H2,1-3H3. The van der Waals surface area contributed by atoms with Crippen molar-refractivity contribution in [2.45, 2.75) is 32.4 Å². The average molecular weight is 420 g/mol. The molecule has 1 N–H and O–H groups in total. The van der Waals surface area contributed by atoms with Crippen molar-refractivity contribution < 1.29 is 4.43 Å². The van der Waals surface area contributed by atoms with Gasteiger partial charge in [-0.25, -0.2) is 0 Å². The van der Waals surface area contributed by atoms with Crippen molar-refractivity contribution in [3.63, 3.8) is 0 Å². The summed E-state index contributed by atoms with van der Waals surface area (Å²) in [6, 6.07) is 29.5. The largest absolute Gasteiger partial charge is 0.402 e. The Bertz CT molecular complexity index is 1060. The van der Waals surface area contributed by atoms with Crippen LogP contribution in [0.25, 0.3) is 10.9 Å². The molecular weight excluding hydrogens is 394 g/mol. The molecule has 0 radical (unpaired) electrons. The van der Waals surface area contributed by atoms with Gasteiger partial charge in [0.05, 0.1) is 6.61 Å². The first kappa shape index (κ1) is 20.0. The first-order chi connectivity index (χ1) is 13.9. The molecular formula is C25H26ClNOSi. The maximum Gasteiger partial charge on any atom is 0.261 e. The Balaban J connectivity index is 1.80. The van der Waals surface area contributed by atoms with Crippen LogP contribution < -0.4 is 10.4 Å². The third-order valence-corrected chi connectivity index (χ3v) is 10.8. The molecule has 29 heavy (non-hydrogen) atoms. The minimum atomic E-state index is -2.55. The topological polar surface area (TPSA) is 25.0 Å². The van der Waals surface area contributed by atoms with Gasteiger partial charge in [-0.1, -0.05) is 99.1 Å². The number of rotatable bonds is 5. The third-order valence-electron chi connectivity index (χ3n) is 5.53. The van der Waals surface area contributed by atoms with Crippen LogP contribution in [0.4, 0.5) is 0 Å². The van der Waals surface area contributed by atoms with E-state index >= 15 is 0 Å². The van der Waals surface area contributed by atoms with Gasteiger partial charge in [-0.3, -0.25) is 0 Å². The van der Waals surface area contributed by atoms with Gasteiger partial charge >= 0.3 is 0 Å². The number of hydrogen-bond acceptors (Lipinski definition) is 1. The van der Waals surface area contributed by atoms with E-state index in [4.69, 9.17) is 16.0 Å². The zero-order valence-corrected chi connectivity index (χ0v) is 18.8. The van der Waals surface area contributed by atoms with Gasteiger partial charge in [-0.15, -0.1) is 0 Å². The molecule has 2 nitrogen and oxygen atoms in total. The summed E-state index contributed by atoms with van der Waals surface area (Å²) in [5.41, 5.74) is 2.08. The second-order valence-corrected chi connectivity index (χ2v) is 13.2. The lowest BCUT2D eigenvalue weighted by atomic mass is 10.2. The van der Waals surface area contributed by atoms with Crippen molar-refractivity contribution in [3.8, 4) is 0 Å². The summed E-state index contributed by atoms with van der Waals surface area (Å²) >= 11 is 6.37. The number of hydrogen-bond donors (Lipinski definition) is 1. The van der Waals surface area contributed by atoms with E-state index in [2.05, 4.69) is 92.5 Å². The van der Waals surface area contributed by atoms with Crippen LogP contribution in [-0.2, 0) is 11.0 Å². The zero-order chi connectivity index (χ0) is 20.5. The molecule has 148 valence electrons. The van der Waals surface area contributed by atoms with E-state index in [0.717, 1.165) is 21.6 Å². The summed E-state index contributed by atoms with van der Waals surface area (Å²) in [5.74, 6) is 0. The summed E-state index contributed by atoms with van der Waals surface area (Å²) in [5, 5.41) is 4.32. The number of aromatic amines is 1. The van der Waals surface area contributed by atoms with Crippen LogP contribution in [0.15, 0.2) is 84.9 Å². The fourth-order valence-corrected chi connectivity index (χ4v) is 8.96. The summed E-state index contributed by atoms with van der Waals surface area (Å²) in [6.45, 7) is 7.39. The Morgan fingerprint density at radius 3 is 1.93 bits per heavy atom. The fraction of sp³-hybridized carbons (Fsp3) is 0.200. The van der Waals surface area contributed by atoms with E-state index in [0.29, 0.717) is 6.61 Å². The number of H-pyrrole nitrogens is 1. The highest BCUT2D eigenvalue weighted by molar-refractivity contribution is 6.99. The molecule has 4 rings (SSSR count). The molecule has 1 aromatic heterocycles. The zero-order valence-electron chi connectivity index (χ0n) is 17.1. The van der Waals surface area contributed by atoms with E-state index in [1.165, 1.54) is 10.4 Å². The summed E-state index contributed by atoms with van der Waals surface area (Å²) in [6.07, 6.45) is 0. The smallest absolute Gasteiger partial charge is 0.261 e. The van der Waals surface area contributed by atoms with Crippen LogP contribution in [0.2, 0.25) is 10.1 Å². The Hall–Kier alpha value is -2.33. The number of halogens is 1. The van der Waals surface area contributed by atoms with E-state index in [1.807, 2.05) is 18.2 Å². The predicted molar refractivity (Wildman–Crippen MR) is 126 cm³/mol. The SMILES string of the molecule is CC(C)(C)[Si](OCc1cc2c(Cl)cccc2[nH]1)(c1ccccc1)c1ccccc1. The second kappa shape index (κ2) is 7.83. The number of aromatic nitrogens is 1. The lowest BCUT2D eigenvalue weighted by Gasteiger charge is -2.43. The molecule has 0 saturated carbocycles. The minimum absolute atomic E-state index is 0.0423. The first-order valence-electron chi connectivity index (χ1n) is 9.93. The molecule has 3 aromatic carbocycles. The molecule has 0 spiro atoms. The van der Waals surface area contributed by atoms with Crippen LogP contribution in [0.5, 0.6) is 0 Å². The lowest BCUT2D eigenvalue weighted by Crippen LogP contribution is -2.66. The Morgan fingerprint density at radius 1 is 0.828 bits per heavy atom. The molecule has 0 aliphatic heterocycles.